The quantitative estimate of drug-likeness (QED) is 0.799. The van der Waals surface area contributed by atoms with Crippen LogP contribution in [0, 0.1) is 5.92 Å². The van der Waals surface area contributed by atoms with Crippen LogP contribution in [0.25, 0.3) is 0 Å². The highest BCUT2D eigenvalue weighted by molar-refractivity contribution is 9.10. The Morgan fingerprint density at radius 2 is 1.86 bits per heavy atom. The van der Waals surface area contributed by atoms with Crippen molar-refractivity contribution < 1.29 is 4.79 Å². The summed E-state index contributed by atoms with van der Waals surface area (Å²) in [5.41, 5.74) is 0.844. The van der Waals surface area contributed by atoms with Crippen LogP contribution in [-0.4, -0.2) is 18.5 Å². The van der Waals surface area contributed by atoms with Gasteiger partial charge in [0.15, 0.2) is 0 Å². The second-order valence-electron chi connectivity index (χ2n) is 5.94. The summed E-state index contributed by atoms with van der Waals surface area (Å²) >= 11 is 3.39. The van der Waals surface area contributed by atoms with Gasteiger partial charge >= 0.3 is 0 Å². The van der Waals surface area contributed by atoms with E-state index in [2.05, 4.69) is 33.5 Å². The van der Waals surface area contributed by atoms with Crippen molar-refractivity contribution in [1.29, 1.82) is 0 Å². The lowest BCUT2D eigenvalue weighted by Crippen LogP contribution is -2.38. The molecule has 2 rings (SSSR count). The van der Waals surface area contributed by atoms with Crippen LogP contribution in [0.5, 0.6) is 0 Å². The molecule has 1 fully saturated rings. The third-order valence-corrected chi connectivity index (χ3v) is 4.75. The summed E-state index contributed by atoms with van der Waals surface area (Å²) in [6.45, 7) is 2.66. The summed E-state index contributed by atoms with van der Waals surface area (Å²) in [6.07, 6.45) is 7.67. The molecule has 1 amide bonds. The number of hydrogen-bond donors (Lipinski definition) is 2. The number of halogens is 1. The molecule has 0 unspecified atom stereocenters. The van der Waals surface area contributed by atoms with Crippen molar-refractivity contribution in [2.75, 3.05) is 11.9 Å². The molecule has 0 heterocycles. The second kappa shape index (κ2) is 8.54. The molecule has 0 spiro atoms. The fraction of sp³-hybridized carbons (Fsp3) is 0.588. The van der Waals surface area contributed by atoms with Crippen LogP contribution in [0.4, 0.5) is 5.69 Å². The molecule has 1 aromatic rings. The Hall–Kier alpha value is -0.870. The van der Waals surface area contributed by atoms with E-state index in [4.69, 9.17) is 0 Å². The Kier molecular flexibility index (Phi) is 6.71. The molecule has 4 heteroatoms. The summed E-state index contributed by atoms with van der Waals surface area (Å²) in [5.74, 6) is 0.942. The van der Waals surface area contributed by atoms with Crippen LogP contribution in [0.3, 0.4) is 0 Å². The van der Waals surface area contributed by atoms with Crippen molar-refractivity contribution in [2.45, 2.75) is 51.5 Å². The van der Waals surface area contributed by atoms with Gasteiger partial charge in [-0.3, -0.25) is 4.79 Å². The molecule has 0 aliphatic heterocycles. The molecule has 1 aliphatic rings. The normalized spacial score (nSPS) is 22.0. The maximum atomic E-state index is 11.9. The Morgan fingerprint density at radius 1 is 1.19 bits per heavy atom. The minimum absolute atomic E-state index is 0.0352. The lowest BCUT2D eigenvalue weighted by Gasteiger charge is -2.28. The molecule has 0 bridgehead atoms. The summed E-state index contributed by atoms with van der Waals surface area (Å²) in [7, 11) is 0. The van der Waals surface area contributed by atoms with E-state index in [0.717, 1.165) is 16.1 Å². The van der Waals surface area contributed by atoms with Gasteiger partial charge in [-0.2, -0.15) is 0 Å². The van der Waals surface area contributed by atoms with Gasteiger partial charge in [0.05, 0.1) is 6.54 Å². The predicted molar refractivity (Wildman–Crippen MR) is 91.4 cm³/mol. The first kappa shape index (κ1) is 16.5. The Morgan fingerprint density at radius 3 is 2.48 bits per heavy atom. The first-order valence-electron chi connectivity index (χ1n) is 7.96. The molecule has 1 aliphatic carbocycles. The Labute approximate surface area is 136 Å². The number of amides is 1. The molecule has 3 nitrogen and oxygen atoms in total. The van der Waals surface area contributed by atoms with E-state index in [-0.39, 0.29) is 5.91 Å². The monoisotopic (exact) mass is 352 g/mol. The van der Waals surface area contributed by atoms with Gasteiger partial charge in [0, 0.05) is 16.2 Å². The van der Waals surface area contributed by atoms with Crippen LogP contribution in [-0.2, 0) is 4.79 Å². The number of benzene rings is 1. The highest BCUT2D eigenvalue weighted by Gasteiger charge is 2.20. The summed E-state index contributed by atoms with van der Waals surface area (Å²) in [5, 5.41) is 6.31. The van der Waals surface area contributed by atoms with E-state index in [1.54, 1.807) is 0 Å². The van der Waals surface area contributed by atoms with E-state index in [1.165, 1.54) is 38.5 Å². The molecule has 1 aromatic carbocycles. The molecular formula is C17H25BrN2O. The number of carbonyl (C=O) groups excluding carboxylic acids is 1. The number of carbonyl (C=O) groups is 1. The Balaban J connectivity index is 1.66. The third kappa shape index (κ3) is 5.79. The van der Waals surface area contributed by atoms with E-state index in [9.17, 15) is 4.79 Å². The molecular weight excluding hydrogens is 328 g/mol. The zero-order chi connectivity index (χ0) is 15.1. The fourth-order valence-electron chi connectivity index (χ4n) is 3.04. The molecule has 2 N–H and O–H groups in total. The van der Waals surface area contributed by atoms with Gasteiger partial charge in [-0.15, -0.1) is 0 Å². The minimum Gasteiger partial charge on any atom is -0.325 e. The zero-order valence-corrected chi connectivity index (χ0v) is 14.3. The van der Waals surface area contributed by atoms with Crippen LogP contribution in [0.2, 0.25) is 0 Å². The van der Waals surface area contributed by atoms with Gasteiger partial charge in [-0.05, 0) is 55.9 Å². The maximum Gasteiger partial charge on any atom is 0.238 e. The lowest BCUT2D eigenvalue weighted by atomic mass is 9.83. The number of rotatable bonds is 6. The van der Waals surface area contributed by atoms with Gasteiger partial charge in [0.1, 0.15) is 0 Å². The largest absolute Gasteiger partial charge is 0.325 e. The summed E-state index contributed by atoms with van der Waals surface area (Å²) in [4.78, 5) is 11.9. The highest BCUT2D eigenvalue weighted by Crippen LogP contribution is 2.27. The predicted octanol–water partition coefficient (Wildman–Crippen LogP) is 4.34. The molecule has 0 radical (unpaired) electrons. The molecule has 0 atom stereocenters. The van der Waals surface area contributed by atoms with Crippen molar-refractivity contribution in [3.8, 4) is 0 Å². The van der Waals surface area contributed by atoms with Crippen molar-refractivity contribution in [3.05, 3.63) is 28.7 Å². The standard InChI is InChI=1S/C17H25BrN2O/c1-2-3-13-4-8-15(9-5-13)19-12-17(21)20-16-10-6-14(18)7-11-16/h6-7,10-11,13,15,19H,2-5,8-9,12H2,1H3,(H,20,21). The SMILES string of the molecule is CCCC1CCC(NCC(=O)Nc2ccc(Br)cc2)CC1. The molecule has 21 heavy (non-hydrogen) atoms. The van der Waals surface area contributed by atoms with Gasteiger partial charge in [0.25, 0.3) is 0 Å². The van der Waals surface area contributed by atoms with Gasteiger partial charge in [-0.1, -0.05) is 35.7 Å². The van der Waals surface area contributed by atoms with Gasteiger partial charge < -0.3 is 10.6 Å². The summed E-state index contributed by atoms with van der Waals surface area (Å²) in [6, 6.07) is 8.17. The van der Waals surface area contributed by atoms with Crippen molar-refractivity contribution in [1.82, 2.24) is 5.32 Å². The average molecular weight is 353 g/mol. The smallest absolute Gasteiger partial charge is 0.238 e. The molecule has 1 saturated carbocycles. The number of hydrogen-bond acceptors (Lipinski definition) is 2. The van der Waals surface area contributed by atoms with Gasteiger partial charge in [0.2, 0.25) is 5.91 Å². The highest BCUT2D eigenvalue weighted by atomic mass is 79.9. The number of nitrogens with one attached hydrogen (secondary N) is 2. The van der Waals surface area contributed by atoms with E-state index in [1.807, 2.05) is 24.3 Å². The first-order chi connectivity index (χ1) is 10.2. The van der Waals surface area contributed by atoms with Crippen LogP contribution in [0.1, 0.15) is 45.4 Å². The summed E-state index contributed by atoms with van der Waals surface area (Å²) < 4.78 is 1.02. The van der Waals surface area contributed by atoms with Crippen LogP contribution >= 0.6 is 15.9 Å². The molecule has 116 valence electrons. The molecule has 0 saturated heterocycles. The van der Waals surface area contributed by atoms with Crippen LogP contribution < -0.4 is 10.6 Å². The average Bonchev–Trinajstić information content (AvgIpc) is 2.49. The third-order valence-electron chi connectivity index (χ3n) is 4.22. The zero-order valence-electron chi connectivity index (χ0n) is 12.7. The molecule has 0 aromatic heterocycles. The van der Waals surface area contributed by atoms with E-state index >= 15 is 0 Å². The van der Waals surface area contributed by atoms with E-state index in [0.29, 0.717) is 12.6 Å². The number of anilines is 1. The maximum absolute atomic E-state index is 11.9. The fourth-order valence-corrected chi connectivity index (χ4v) is 3.30. The van der Waals surface area contributed by atoms with Crippen molar-refractivity contribution in [3.63, 3.8) is 0 Å². The first-order valence-corrected chi connectivity index (χ1v) is 8.75. The second-order valence-corrected chi connectivity index (χ2v) is 6.86. The van der Waals surface area contributed by atoms with Crippen LogP contribution in [0.15, 0.2) is 28.7 Å². The van der Waals surface area contributed by atoms with Crippen molar-refractivity contribution >= 4 is 27.5 Å². The van der Waals surface area contributed by atoms with Crippen molar-refractivity contribution in [2.24, 2.45) is 5.92 Å². The van der Waals surface area contributed by atoms with E-state index < -0.39 is 0 Å². The topological polar surface area (TPSA) is 41.1 Å². The van der Waals surface area contributed by atoms with Gasteiger partial charge in [-0.25, -0.2) is 0 Å². The lowest BCUT2D eigenvalue weighted by molar-refractivity contribution is -0.115. The minimum atomic E-state index is 0.0352. The Bertz CT molecular complexity index is 439.